The molecule has 0 atom stereocenters. The number of nitrogens with one attached hydrogen (secondary N) is 1. The third kappa shape index (κ3) is 3.91. The lowest BCUT2D eigenvalue weighted by Crippen LogP contribution is -2.22. The Morgan fingerprint density at radius 3 is 2.67 bits per heavy atom. The number of aromatic amines is 1. The number of H-pyrrole nitrogens is 1. The molecule has 1 saturated carbocycles. The van der Waals surface area contributed by atoms with Gasteiger partial charge < -0.3 is 15.6 Å². The molecule has 4 N–H and O–H groups in total. The highest BCUT2D eigenvalue weighted by Crippen LogP contribution is 2.46. The maximum atomic E-state index is 10.1. The van der Waals surface area contributed by atoms with Gasteiger partial charge in [-0.15, -0.1) is 0 Å². The molecule has 2 heterocycles. The van der Waals surface area contributed by atoms with Gasteiger partial charge in [-0.05, 0) is 44.9 Å². The zero-order chi connectivity index (χ0) is 21.3. The van der Waals surface area contributed by atoms with Crippen LogP contribution in [0, 0.1) is 0 Å². The summed E-state index contributed by atoms with van der Waals surface area (Å²) in [6, 6.07) is 9.49. The molecule has 1 aromatic carbocycles. The Balaban J connectivity index is 1.46. The van der Waals surface area contributed by atoms with Crippen molar-refractivity contribution in [2.75, 3.05) is 7.11 Å². The summed E-state index contributed by atoms with van der Waals surface area (Å²) >= 11 is 0. The fourth-order valence-corrected chi connectivity index (χ4v) is 3.68. The average molecular weight is 406 g/mol. The fourth-order valence-electron chi connectivity index (χ4n) is 3.68. The minimum atomic E-state index is -0.877. The Morgan fingerprint density at radius 1 is 1.23 bits per heavy atom. The number of benzene rings is 1. The maximum absolute atomic E-state index is 10.1. The second-order valence-electron chi connectivity index (χ2n) is 8.10. The molecule has 0 amide bonds. The molecule has 0 bridgehead atoms. The van der Waals surface area contributed by atoms with E-state index in [1.165, 1.54) is 6.34 Å². The first-order chi connectivity index (χ1) is 14.4. The fraction of sp³-hybridized carbons (Fsp3) is 0.364. The number of aliphatic hydroxyl groups is 1. The molecule has 2 aromatic heterocycles. The third-order valence-electron chi connectivity index (χ3n) is 5.60. The second kappa shape index (κ2) is 7.87. The van der Waals surface area contributed by atoms with Crippen LogP contribution in [0.5, 0.6) is 5.75 Å². The molecule has 156 valence electrons. The Kier molecular flexibility index (Phi) is 5.26. The zero-order valence-electron chi connectivity index (χ0n) is 17.3. The van der Waals surface area contributed by atoms with Crippen molar-refractivity contribution in [1.82, 2.24) is 20.2 Å². The second-order valence-corrected chi connectivity index (χ2v) is 8.10. The van der Waals surface area contributed by atoms with E-state index >= 15 is 0 Å². The lowest BCUT2D eigenvalue weighted by Gasteiger charge is -2.33. The van der Waals surface area contributed by atoms with Crippen LogP contribution in [-0.4, -0.2) is 38.7 Å². The minimum absolute atomic E-state index is 0.312. The van der Waals surface area contributed by atoms with Crippen molar-refractivity contribution in [1.29, 1.82) is 0 Å². The van der Waals surface area contributed by atoms with Gasteiger partial charge in [-0.1, -0.05) is 6.07 Å². The van der Waals surface area contributed by atoms with Crippen LogP contribution in [0.2, 0.25) is 0 Å². The van der Waals surface area contributed by atoms with Crippen LogP contribution < -0.4 is 10.5 Å². The number of rotatable bonds is 6. The Morgan fingerprint density at radius 2 is 2.03 bits per heavy atom. The highest BCUT2D eigenvalue weighted by atomic mass is 16.5. The van der Waals surface area contributed by atoms with Gasteiger partial charge in [0.15, 0.2) is 5.82 Å². The van der Waals surface area contributed by atoms with Crippen LogP contribution in [-0.2, 0) is 5.60 Å². The predicted molar refractivity (Wildman–Crippen MR) is 115 cm³/mol. The van der Waals surface area contributed by atoms with E-state index in [0.29, 0.717) is 29.1 Å². The molecule has 8 nitrogen and oxygen atoms in total. The van der Waals surface area contributed by atoms with Crippen molar-refractivity contribution >= 4 is 12.0 Å². The van der Waals surface area contributed by atoms with E-state index in [0.717, 1.165) is 35.5 Å². The smallest absolute Gasteiger partial charge is 0.183 e. The maximum Gasteiger partial charge on any atom is 0.183 e. The van der Waals surface area contributed by atoms with E-state index in [4.69, 9.17) is 15.5 Å². The number of methoxy groups -OCH3 is 1. The summed E-state index contributed by atoms with van der Waals surface area (Å²) in [4.78, 5) is 13.5. The molecule has 0 spiro atoms. The van der Waals surface area contributed by atoms with Crippen LogP contribution in [0.1, 0.15) is 55.6 Å². The Hall–Kier alpha value is -3.26. The summed E-state index contributed by atoms with van der Waals surface area (Å²) in [6.45, 7) is 3.52. The molecule has 0 unspecified atom stereocenters. The lowest BCUT2D eigenvalue weighted by atomic mass is 9.72. The Labute approximate surface area is 175 Å². The zero-order valence-corrected chi connectivity index (χ0v) is 17.3. The van der Waals surface area contributed by atoms with Gasteiger partial charge in [0.1, 0.15) is 11.6 Å². The molecule has 0 saturated heterocycles. The number of hydrogen-bond acceptors (Lipinski definition) is 6. The van der Waals surface area contributed by atoms with Crippen LogP contribution >= 0.6 is 0 Å². The number of nitrogens with two attached hydrogens (primary N) is 1. The number of aromatic nitrogens is 4. The van der Waals surface area contributed by atoms with E-state index in [2.05, 4.69) is 20.2 Å². The number of hydrogen-bond donors (Lipinski definition) is 3. The monoisotopic (exact) mass is 406 g/mol. The van der Waals surface area contributed by atoms with Gasteiger partial charge in [0, 0.05) is 40.9 Å². The molecular weight excluding hydrogens is 380 g/mol. The Bertz CT molecular complexity index is 1050. The van der Waals surface area contributed by atoms with Crippen LogP contribution in [0.3, 0.4) is 0 Å². The number of aliphatic imine (C=N–C) groups is 1. The summed E-state index contributed by atoms with van der Waals surface area (Å²) in [5.41, 5.74) is 7.92. The van der Waals surface area contributed by atoms with Crippen molar-refractivity contribution < 1.29 is 9.84 Å². The first-order valence-electron chi connectivity index (χ1n) is 9.93. The predicted octanol–water partition coefficient (Wildman–Crippen LogP) is 3.38. The van der Waals surface area contributed by atoms with Gasteiger partial charge in [0.2, 0.25) is 0 Å². The topological polar surface area (TPSA) is 122 Å². The highest BCUT2D eigenvalue weighted by molar-refractivity contribution is 5.75. The molecule has 1 aliphatic carbocycles. The lowest BCUT2D eigenvalue weighted by molar-refractivity contribution is 0.0781. The molecule has 3 aromatic rings. The molecular formula is C22H26N6O2. The van der Waals surface area contributed by atoms with E-state index in [9.17, 15) is 5.11 Å². The summed E-state index contributed by atoms with van der Waals surface area (Å²) < 4.78 is 5.26. The highest BCUT2D eigenvalue weighted by Gasteiger charge is 2.35. The van der Waals surface area contributed by atoms with Crippen LogP contribution in [0.15, 0.2) is 41.5 Å². The normalized spacial score (nSPS) is 19.1. The van der Waals surface area contributed by atoms with Crippen LogP contribution in [0.4, 0.5) is 5.69 Å². The summed E-state index contributed by atoms with van der Waals surface area (Å²) in [7, 11) is 1.61. The van der Waals surface area contributed by atoms with E-state index < -0.39 is 5.60 Å². The summed E-state index contributed by atoms with van der Waals surface area (Å²) in [6.07, 6.45) is 4.93. The quantitative estimate of drug-likeness (QED) is 0.426. The van der Waals surface area contributed by atoms with Gasteiger partial charge in [-0.3, -0.25) is 10.1 Å². The first kappa shape index (κ1) is 20.0. The van der Waals surface area contributed by atoms with Crippen LogP contribution in [0.25, 0.3) is 11.4 Å². The molecule has 0 aliphatic heterocycles. The summed E-state index contributed by atoms with van der Waals surface area (Å²) in [5.74, 6) is 2.85. The van der Waals surface area contributed by atoms with Gasteiger partial charge in [0.25, 0.3) is 0 Å². The van der Waals surface area contributed by atoms with Gasteiger partial charge in [-0.2, -0.15) is 5.10 Å². The van der Waals surface area contributed by atoms with Gasteiger partial charge in [-0.25, -0.2) is 9.98 Å². The minimum Gasteiger partial charge on any atom is -0.497 e. The van der Waals surface area contributed by atoms with Gasteiger partial charge >= 0.3 is 0 Å². The standard InChI is InChI=1S/C22H26N6O2/c1-22(2,29)15-4-7-18(24-11-15)13-8-14(9-13)20-26-21(28-27-20)17-6-5-16(30-3)10-19(17)25-12-23/h4-7,10-14,29H,8-9H2,1-3H3,(H2,23,25)(H,26,27,28). The van der Waals surface area contributed by atoms with E-state index in [1.54, 1.807) is 33.2 Å². The number of pyridine rings is 1. The van der Waals surface area contributed by atoms with Gasteiger partial charge in [0.05, 0.1) is 24.7 Å². The van der Waals surface area contributed by atoms with Crippen molar-refractivity contribution in [2.45, 2.75) is 44.1 Å². The van der Waals surface area contributed by atoms with Crippen molar-refractivity contribution in [2.24, 2.45) is 10.7 Å². The van der Waals surface area contributed by atoms with Crippen molar-refractivity contribution in [3.8, 4) is 17.1 Å². The molecule has 8 heteroatoms. The van der Waals surface area contributed by atoms with Crippen molar-refractivity contribution in [3.05, 3.63) is 53.6 Å². The van der Waals surface area contributed by atoms with E-state index in [1.807, 2.05) is 24.3 Å². The third-order valence-corrected chi connectivity index (χ3v) is 5.60. The number of ether oxygens (including phenoxy) is 1. The first-order valence-corrected chi connectivity index (χ1v) is 9.93. The largest absolute Gasteiger partial charge is 0.497 e. The number of nitrogens with zero attached hydrogens (tertiary/aromatic N) is 4. The molecule has 1 fully saturated rings. The molecule has 30 heavy (non-hydrogen) atoms. The molecule has 0 radical (unpaired) electrons. The van der Waals surface area contributed by atoms with E-state index in [-0.39, 0.29) is 0 Å². The SMILES string of the molecule is COc1ccc(-c2n[nH]c(C3CC(c4ccc(C(C)(C)O)cn4)C3)n2)c(N=CN)c1. The average Bonchev–Trinajstić information content (AvgIpc) is 3.16. The summed E-state index contributed by atoms with van der Waals surface area (Å²) in [5, 5.41) is 17.5. The molecule has 4 rings (SSSR count). The molecule has 1 aliphatic rings. The van der Waals surface area contributed by atoms with Crippen molar-refractivity contribution in [3.63, 3.8) is 0 Å².